The molecule has 0 aromatic heterocycles. The predicted molar refractivity (Wildman–Crippen MR) is 55.0 cm³/mol. The number of hydrogen-bond donors (Lipinski definition) is 1. The Bertz CT molecular complexity index is 357. The van der Waals surface area contributed by atoms with Gasteiger partial charge in [-0.15, -0.1) is 6.42 Å². The van der Waals surface area contributed by atoms with Gasteiger partial charge < -0.3 is 5.11 Å². The summed E-state index contributed by atoms with van der Waals surface area (Å²) in [5, 5.41) is 8.91. The van der Waals surface area contributed by atoms with E-state index in [4.69, 9.17) is 11.5 Å². The van der Waals surface area contributed by atoms with Gasteiger partial charge in [-0.1, -0.05) is 25.0 Å². The van der Waals surface area contributed by atoms with Crippen LogP contribution in [-0.4, -0.2) is 11.1 Å². The lowest BCUT2D eigenvalue weighted by Gasteiger charge is -2.09. The lowest BCUT2D eigenvalue weighted by molar-refractivity contribution is -0.138. The largest absolute Gasteiger partial charge is 0.481 e. The fourth-order valence-corrected chi connectivity index (χ4v) is 1.36. The summed E-state index contributed by atoms with van der Waals surface area (Å²) in [6.07, 6.45) is 5.79. The summed E-state index contributed by atoms with van der Waals surface area (Å²) in [5.74, 6) is 1.27. The second kappa shape index (κ2) is 4.48. The van der Waals surface area contributed by atoms with E-state index in [1.54, 1.807) is 24.3 Å². The molecule has 0 saturated heterocycles. The van der Waals surface area contributed by atoms with Gasteiger partial charge in [-0.25, -0.2) is 0 Å². The van der Waals surface area contributed by atoms with Crippen LogP contribution in [0.25, 0.3) is 0 Å². The zero-order valence-electron chi connectivity index (χ0n) is 8.03. The van der Waals surface area contributed by atoms with Gasteiger partial charge in [0.05, 0.1) is 5.92 Å². The van der Waals surface area contributed by atoms with Crippen molar-refractivity contribution in [2.45, 2.75) is 19.3 Å². The lowest BCUT2D eigenvalue weighted by atomic mass is 9.96. The van der Waals surface area contributed by atoms with Crippen LogP contribution in [0.3, 0.4) is 0 Å². The van der Waals surface area contributed by atoms with Gasteiger partial charge in [-0.3, -0.25) is 4.79 Å². The first kappa shape index (κ1) is 10.3. The van der Waals surface area contributed by atoms with Crippen molar-refractivity contribution < 1.29 is 9.90 Å². The Morgan fingerprint density at radius 1 is 1.50 bits per heavy atom. The van der Waals surface area contributed by atoms with E-state index < -0.39 is 11.9 Å². The molecule has 72 valence electrons. The molecule has 2 heteroatoms. The highest BCUT2D eigenvalue weighted by atomic mass is 16.4. The SMILES string of the molecule is C#Cc1ccc(C(CC)C(=O)O)cc1. The van der Waals surface area contributed by atoms with Crippen molar-refractivity contribution in [3.63, 3.8) is 0 Å². The maximum atomic E-state index is 10.8. The molecule has 0 spiro atoms. The average Bonchev–Trinajstić information content (AvgIpc) is 2.19. The van der Waals surface area contributed by atoms with E-state index in [2.05, 4.69) is 5.92 Å². The van der Waals surface area contributed by atoms with Crippen LogP contribution in [0.15, 0.2) is 24.3 Å². The molecule has 1 rings (SSSR count). The Morgan fingerprint density at radius 3 is 2.43 bits per heavy atom. The second-order valence-electron chi connectivity index (χ2n) is 3.07. The molecule has 1 unspecified atom stereocenters. The minimum absolute atomic E-state index is 0.429. The van der Waals surface area contributed by atoms with Gasteiger partial charge in [0.1, 0.15) is 0 Å². The smallest absolute Gasteiger partial charge is 0.310 e. The van der Waals surface area contributed by atoms with Crippen LogP contribution in [0.2, 0.25) is 0 Å². The van der Waals surface area contributed by atoms with Crippen LogP contribution in [-0.2, 0) is 4.79 Å². The summed E-state index contributed by atoms with van der Waals surface area (Å²) in [6.45, 7) is 1.86. The van der Waals surface area contributed by atoms with Crippen molar-refractivity contribution in [2.24, 2.45) is 0 Å². The van der Waals surface area contributed by atoms with Gasteiger partial charge in [-0.2, -0.15) is 0 Å². The number of hydrogen-bond acceptors (Lipinski definition) is 1. The molecule has 0 saturated carbocycles. The molecule has 0 radical (unpaired) electrons. The molecule has 0 bridgehead atoms. The van der Waals surface area contributed by atoms with Crippen LogP contribution in [0.1, 0.15) is 30.4 Å². The number of carboxylic acid groups (broad SMARTS) is 1. The summed E-state index contributed by atoms with van der Waals surface area (Å²) < 4.78 is 0. The third-order valence-corrected chi connectivity index (χ3v) is 2.19. The van der Waals surface area contributed by atoms with Crippen molar-refractivity contribution in [1.82, 2.24) is 0 Å². The minimum atomic E-state index is -0.791. The van der Waals surface area contributed by atoms with Gasteiger partial charge >= 0.3 is 5.97 Å². The van der Waals surface area contributed by atoms with Crippen LogP contribution >= 0.6 is 0 Å². The maximum absolute atomic E-state index is 10.8. The Labute approximate surface area is 83.6 Å². The number of rotatable bonds is 3. The molecule has 1 N–H and O–H groups in total. The highest BCUT2D eigenvalue weighted by Gasteiger charge is 2.16. The third-order valence-electron chi connectivity index (χ3n) is 2.19. The summed E-state index contributed by atoms with van der Waals surface area (Å²) >= 11 is 0. The van der Waals surface area contributed by atoms with E-state index in [1.807, 2.05) is 6.92 Å². The maximum Gasteiger partial charge on any atom is 0.310 e. The van der Waals surface area contributed by atoms with E-state index in [-0.39, 0.29) is 0 Å². The number of terminal acetylenes is 1. The molecule has 0 fully saturated rings. The lowest BCUT2D eigenvalue weighted by Crippen LogP contribution is -2.10. The summed E-state index contributed by atoms with van der Waals surface area (Å²) in [7, 11) is 0. The molecule has 0 heterocycles. The van der Waals surface area contributed by atoms with Crippen LogP contribution in [0.5, 0.6) is 0 Å². The van der Waals surface area contributed by atoms with Crippen LogP contribution in [0, 0.1) is 12.3 Å². The van der Waals surface area contributed by atoms with Crippen LogP contribution < -0.4 is 0 Å². The Hall–Kier alpha value is -1.75. The first-order chi connectivity index (χ1) is 6.69. The van der Waals surface area contributed by atoms with Crippen molar-refractivity contribution in [3.8, 4) is 12.3 Å². The van der Waals surface area contributed by atoms with E-state index in [0.29, 0.717) is 6.42 Å². The average molecular weight is 188 g/mol. The molecular weight excluding hydrogens is 176 g/mol. The molecule has 0 aliphatic rings. The monoisotopic (exact) mass is 188 g/mol. The predicted octanol–water partition coefficient (Wildman–Crippen LogP) is 2.25. The van der Waals surface area contributed by atoms with Gasteiger partial charge in [0.15, 0.2) is 0 Å². The molecule has 0 aliphatic heterocycles. The molecule has 1 atom stereocenters. The Kier molecular flexibility index (Phi) is 3.30. The molecular formula is C12H12O2. The molecule has 2 nitrogen and oxygen atoms in total. The fourth-order valence-electron chi connectivity index (χ4n) is 1.36. The Balaban J connectivity index is 2.96. The normalized spacial score (nSPS) is 11.7. The van der Waals surface area contributed by atoms with Crippen molar-refractivity contribution in [1.29, 1.82) is 0 Å². The molecule has 1 aromatic carbocycles. The van der Waals surface area contributed by atoms with Gasteiger partial charge in [-0.05, 0) is 24.1 Å². The van der Waals surface area contributed by atoms with Crippen molar-refractivity contribution in [2.75, 3.05) is 0 Å². The summed E-state index contributed by atoms with van der Waals surface area (Å²) in [6, 6.07) is 7.08. The standard InChI is InChI=1S/C12H12O2/c1-3-9-5-7-10(8-6-9)11(4-2)12(13)14/h1,5-8,11H,4H2,2H3,(H,13,14). The minimum Gasteiger partial charge on any atom is -0.481 e. The fraction of sp³-hybridized carbons (Fsp3) is 0.250. The van der Waals surface area contributed by atoms with E-state index in [9.17, 15) is 4.79 Å². The number of carbonyl (C=O) groups is 1. The zero-order chi connectivity index (χ0) is 10.6. The molecule has 14 heavy (non-hydrogen) atoms. The summed E-state index contributed by atoms with van der Waals surface area (Å²) in [4.78, 5) is 10.8. The third kappa shape index (κ3) is 2.14. The number of benzene rings is 1. The second-order valence-corrected chi connectivity index (χ2v) is 3.07. The van der Waals surface area contributed by atoms with Crippen LogP contribution in [0.4, 0.5) is 0 Å². The quantitative estimate of drug-likeness (QED) is 0.738. The van der Waals surface area contributed by atoms with Gasteiger partial charge in [0.2, 0.25) is 0 Å². The van der Waals surface area contributed by atoms with Crippen molar-refractivity contribution >= 4 is 5.97 Å². The highest BCUT2D eigenvalue weighted by molar-refractivity contribution is 5.76. The van der Waals surface area contributed by atoms with Gasteiger partial charge in [0.25, 0.3) is 0 Å². The first-order valence-corrected chi connectivity index (χ1v) is 4.48. The first-order valence-electron chi connectivity index (χ1n) is 4.48. The number of carboxylic acids is 1. The van der Waals surface area contributed by atoms with E-state index >= 15 is 0 Å². The highest BCUT2D eigenvalue weighted by Crippen LogP contribution is 2.19. The molecule has 1 aromatic rings. The Morgan fingerprint density at radius 2 is 2.07 bits per heavy atom. The molecule has 0 amide bonds. The zero-order valence-corrected chi connectivity index (χ0v) is 8.03. The number of aliphatic carboxylic acids is 1. The van der Waals surface area contributed by atoms with Gasteiger partial charge in [0, 0.05) is 5.56 Å². The van der Waals surface area contributed by atoms with Crippen molar-refractivity contribution in [3.05, 3.63) is 35.4 Å². The topological polar surface area (TPSA) is 37.3 Å². The van der Waals surface area contributed by atoms with E-state index in [1.165, 1.54) is 0 Å². The molecule has 0 aliphatic carbocycles. The summed E-state index contributed by atoms with van der Waals surface area (Å²) in [5.41, 5.74) is 1.58. The van der Waals surface area contributed by atoms with E-state index in [0.717, 1.165) is 11.1 Å².